The van der Waals surface area contributed by atoms with Crippen LogP contribution in [0.2, 0.25) is 0 Å². The van der Waals surface area contributed by atoms with E-state index in [-0.39, 0.29) is 18.0 Å². The van der Waals surface area contributed by atoms with Gasteiger partial charge in [0, 0.05) is 31.9 Å². The van der Waals surface area contributed by atoms with Crippen LogP contribution < -0.4 is 20.4 Å². The molecule has 3 amide bonds. The number of pyridine rings is 1. The van der Waals surface area contributed by atoms with Gasteiger partial charge in [-0.2, -0.15) is 5.10 Å². The second-order valence-electron chi connectivity index (χ2n) is 7.97. The summed E-state index contributed by atoms with van der Waals surface area (Å²) in [6.45, 7) is 4.61. The Morgan fingerprint density at radius 3 is 2.78 bits per heavy atom. The number of fused-ring (bicyclic) bond motifs is 4. The second kappa shape index (κ2) is 8.33. The number of benzene rings is 1. The van der Waals surface area contributed by atoms with E-state index >= 15 is 0 Å². The number of urea groups is 1. The smallest absolute Gasteiger partial charge is 0.329 e. The first-order valence-electron chi connectivity index (χ1n) is 10.8. The molecule has 2 N–H and O–H groups in total. The highest BCUT2D eigenvalue weighted by molar-refractivity contribution is 6.05. The number of carbonyl (C=O) groups excluding carboxylic acids is 2. The molecule has 2 aromatic heterocycles. The summed E-state index contributed by atoms with van der Waals surface area (Å²) in [5, 5.41) is 10.2. The Labute approximate surface area is 186 Å². The number of nitrogens with zero attached hydrogens (tertiary/aromatic N) is 5. The molecule has 0 spiro atoms. The van der Waals surface area contributed by atoms with Crippen LogP contribution in [0.5, 0.6) is 0 Å². The van der Waals surface area contributed by atoms with Crippen molar-refractivity contribution in [2.24, 2.45) is 0 Å². The number of nitrogens with one attached hydrogen (secondary N) is 2. The van der Waals surface area contributed by atoms with Crippen LogP contribution in [0.3, 0.4) is 0 Å². The highest BCUT2D eigenvalue weighted by Gasteiger charge is 2.40. The molecule has 2 aliphatic rings. The maximum atomic E-state index is 13.3. The Hall–Kier alpha value is -3.88. The molecule has 1 fully saturated rings. The average molecular weight is 432 g/mol. The minimum Gasteiger partial charge on any atom is -0.366 e. The van der Waals surface area contributed by atoms with Gasteiger partial charge in [-0.05, 0) is 31.0 Å². The van der Waals surface area contributed by atoms with Crippen LogP contribution in [0.15, 0.2) is 54.7 Å². The Morgan fingerprint density at radius 2 is 1.97 bits per heavy atom. The van der Waals surface area contributed by atoms with E-state index in [0.717, 1.165) is 30.8 Å². The fourth-order valence-electron chi connectivity index (χ4n) is 4.31. The lowest BCUT2D eigenvalue weighted by molar-refractivity contribution is 0.0951. The average Bonchev–Trinajstić information content (AvgIpc) is 3.42. The summed E-state index contributed by atoms with van der Waals surface area (Å²) in [6, 6.07) is 15.1. The summed E-state index contributed by atoms with van der Waals surface area (Å²) in [5.41, 5.74) is 2.31. The lowest BCUT2D eigenvalue weighted by Gasteiger charge is -2.35. The monoisotopic (exact) mass is 431 g/mol. The maximum absolute atomic E-state index is 13.3. The number of hydrogen-bond acceptors (Lipinski definition) is 5. The van der Waals surface area contributed by atoms with Gasteiger partial charge in [-0.15, -0.1) is 0 Å². The zero-order valence-electron chi connectivity index (χ0n) is 17.9. The van der Waals surface area contributed by atoms with E-state index in [2.05, 4.69) is 25.6 Å². The van der Waals surface area contributed by atoms with Gasteiger partial charge in [-0.1, -0.05) is 30.3 Å². The van der Waals surface area contributed by atoms with Gasteiger partial charge in [-0.3, -0.25) is 19.7 Å². The zero-order chi connectivity index (χ0) is 22.1. The molecule has 1 unspecified atom stereocenters. The summed E-state index contributed by atoms with van der Waals surface area (Å²) in [6.07, 6.45) is 2.69. The molecule has 5 rings (SSSR count). The van der Waals surface area contributed by atoms with Crippen molar-refractivity contribution in [1.82, 2.24) is 20.1 Å². The summed E-state index contributed by atoms with van der Waals surface area (Å²) < 4.78 is 1.79. The molecule has 0 aliphatic carbocycles. The molecule has 1 saturated heterocycles. The molecule has 4 heterocycles. The van der Waals surface area contributed by atoms with Crippen molar-refractivity contribution in [3.63, 3.8) is 0 Å². The van der Waals surface area contributed by atoms with Gasteiger partial charge in [0.2, 0.25) is 0 Å². The number of aromatic nitrogens is 3. The van der Waals surface area contributed by atoms with E-state index in [0.29, 0.717) is 30.4 Å². The van der Waals surface area contributed by atoms with E-state index in [1.807, 2.05) is 49.5 Å². The van der Waals surface area contributed by atoms with Crippen LogP contribution >= 0.6 is 0 Å². The van der Waals surface area contributed by atoms with Crippen LogP contribution in [0.25, 0.3) is 0 Å². The maximum Gasteiger partial charge on any atom is 0.329 e. The summed E-state index contributed by atoms with van der Waals surface area (Å²) in [5.74, 6) is 0.750. The lowest BCUT2D eigenvalue weighted by atomic mass is 10.1. The van der Waals surface area contributed by atoms with Gasteiger partial charge in [0.1, 0.15) is 5.69 Å². The number of hydrogen-bond donors (Lipinski definition) is 2. The van der Waals surface area contributed by atoms with Gasteiger partial charge >= 0.3 is 6.03 Å². The van der Waals surface area contributed by atoms with Crippen molar-refractivity contribution in [2.75, 3.05) is 34.8 Å². The minimum atomic E-state index is -0.289. The number of rotatable bonds is 5. The molecular formula is C23H25N7O2. The predicted molar refractivity (Wildman–Crippen MR) is 122 cm³/mol. The van der Waals surface area contributed by atoms with Crippen molar-refractivity contribution >= 4 is 29.3 Å². The third-order valence-electron chi connectivity index (χ3n) is 5.80. The van der Waals surface area contributed by atoms with Crippen molar-refractivity contribution in [3.8, 4) is 0 Å². The molecule has 0 radical (unpaired) electrons. The fraction of sp³-hybridized carbons (Fsp3) is 0.304. The van der Waals surface area contributed by atoms with E-state index < -0.39 is 0 Å². The van der Waals surface area contributed by atoms with E-state index in [4.69, 9.17) is 0 Å². The zero-order valence-corrected chi connectivity index (χ0v) is 17.9. The first kappa shape index (κ1) is 20.0. The normalized spacial score (nSPS) is 16.6. The molecule has 1 aromatic carbocycles. The van der Waals surface area contributed by atoms with Crippen molar-refractivity contribution in [1.29, 1.82) is 0 Å². The minimum absolute atomic E-state index is 0.00545. The Kier molecular flexibility index (Phi) is 5.22. The first-order chi connectivity index (χ1) is 15.6. The Balaban J connectivity index is 1.37. The fourth-order valence-corrected chi connectivity index (χ4v) is 4.31. The van der Waals surface area contributed by atoms with Crippen molar-refractivity contribution in [2.45, 2.75) is 25.9 Å². The number of carbonyl (C=O) groups is 2. The van der Waals surface area contributed by atoms with Gasteiger partial charge in [0.15, 0.2) is 11.6 Å². The third kappa shape index (κ3) is 3.77. The lowest BCUT2D eigenvalue weighted by Crippen LogP contribution is -2.48. The molecule has 32 heavy (non-hydrogen) atoms. The highest BCUT2D eigenvalue weighted by Crippen LogP contribution is 2.39. The molecule has 3 aromatic rings. The largest absolute Gasteiger partial charge is 0.366 e. The standard InChI is InChI=1S/C23H25N7O2/c1-2-24-22(31)18-8-9-19-21(25-18)30(17-10-12-28(19)15-17)23(32)26-20-11-13-29(27-20)14-16-6-4-3-5-7-16/h3-9,11,13,17H,2,10,12,14-15H2,1H3,(H,24,31)(H,26,27,32). The first-order valence-corrected chi connectivity index (χ1v) is 10.8. The number of amides is 3. The molecule has 0 saturated carbocycles. The molecule has 1 atom stereocenters. The summed E-state index contributed by atoms with van der Waals surface area (Å²) >= 11 is 0. The molecule has 2 bridgehead atoms. The van der Waals surface area contributed by atoms with Crippen LogP contribution in [0, 0.1) is 0 Å². The Morgan fingerprint density at radius 1 is 1.12 bits per heavy atom. The summed E-state index contributed by atoms with van der Waals surface area (Å²) in [7, 11) is 0. The molecule has 164 valence electrons. The van der Waals surface area contributed by atoms with E-state index in [9.17, 15) is 9.59 Å². The van der Waals surface area contributed by atoms with Crippen LogP contribution in [-0.2, 0) is 6.54 Å². The van der Waals surface area contributed by atoms with E-state index in [1.165, 1.54) is 0 Å². The van der Waals surface area contributed by atoms with Crippen LogP contribution in [0.1, 0.15) is 29.4 Å². The topological polar surface area (TPSA) is 95.4 Å². The summed E-state index contributed by atoms with van der Waals surface area (Å²) in [4.78, 5) is 34.1. The SMILES string of the molecule is CCNC(=O)c1ccc2c(n1)N(C(=O)Nc1ccn(Cc3ccccc3)n1)C1CCN2C1. The quantitative estimate of drug-likeness (QED) is 0.648. The van der Waals surface area contributed by atoms with Gasteiger partial charge in [-0.25, -0.2) is 9.78 Å². The van der Waals surface area contributed by atoms with Crippen LogP contribution in [0.4, 0.5) is 22.1 Å². The molecule has 2 aliphatic heterocycles. The van der Waals surface area contributed by atoms with Crippen molar-refractivity contribution in [3.05, 3.63) is 66.0 Å². The van der Waals surface area contributed by atoms with Gasteiger partial charge in [0.05, 0.1) is 18.3 Å². The second-order valence-corrected chi connectivity index (χ2v) is 7.97. The van der Waals surface area contributed by atoms with Crippen LogP contribution in [-0.4, -0.2) is 52.4 Å². The molecule has 9 nitrogen and oxygen atoms in total. The number of anilines is 3. The van der Waals surface area contributed by atoms with Gasteiger partial charge < -0.3 is 10.2 Å². The Bertz CT molecular complexity index is 1140. The van der Waals surface area contributed by atoms with E-state index in [1.54, 1.807) is 21.7 Å². The van der Waals surface area contributed by atoms with Gasteiger partial charge in [0.25, 0.3) is 5.91 Å². The molecular weight excluding hydrogens is 406 g/mol. The predicted octanol–water partition coefficient (Wildman–Crippen LogP) is 2.71. The highest BCUT2D eigenvalue weighted by atomic mass is 16.2. The van der Waals surface area contributed by atoms with Crippen molar-refractivity contribution < 1.29 is 9.59 Å². The molecule has 9 heteroatoms. The third-order valence-corrected chi connectivity index (χ3v) is 5.80.